The Hall–Kier alpha value is -7.56. The topological polar surface area (TPSA) is 48.2 Å². The molecule has 3 heterocycles. The Labute approximate surface area is 330 Å². The highest BCUT2D eigenvalue weighted by Crippen LogP contribution is 2.57. The molecular weight excluding hydrogens is 697 g/mol. The molecule has 268 valence electrons. The lowest BCUT2D eigenvalue weighted by Gasteiger charge is -2.42. The monoisotopic (exact) mass is 730 g/mol. The van der Waals surface area contributed by atoms with Crippen LogP contribution in [0.5, 0.6) is 11.5 Å². The number of para-hydroxylation sites is 3. The molecule has 0 unspecified atom stereocenters. The third kappa shape index (κ3) is 5.30. The standard InChI is InChI=1S/C53H34N2O2/c1-3-17-35(18-4-1)46-34-47(36-31-32-41-40-23-10-14-28-48(40)56-51(41)33-36)55-52(54-46)42-24-8-7-21-38(42)39-22-9-11-25-43(39)53(37-19-5-2-6-20-37)44-26-12-15-29-49(44)57-50-30-16-13-27-45(50)53/h1-34H. The maximum atomic E-state index is 6.64. The average Bonchev–Trinajstić information content (AvgIpc) is 3.67. The van der Waals surface area contributed by atoms with Gasteiger partial charge in [-0.3, -0.25) is 0 Å². The number of hydrogen-bond donors (Lipinski definition) is 0. The van der Waals surface area contributed by atoms with Crippen LogP contribution in [0.3, 0.4) is 0 Å². The van der Waals surface area contributed by atoms with E-state index in [2.05, 4.69) is 158 Å². The fourth-order valence-electron chi connectivity index (χ4n) is 8.75. The van der Waals surface area contributed by atoms with Crippen LogP contribution < -0.4 is 4.74 Å². The van der Waals surface area contributed by atoms with E-state index >= 15 is 0 Å². The van der Waals surface area contributed by atoms with E-state index in [1.54, 1.807) is 0 Å². The van der Waals surface area contributed by atoms with E-state index in [0.29, 0.717) is 5.82 Å². The SMILES string of the molecule is c1ccc(-c2cc(-c3ccc4c(c3)oc3ccccc34)nc(-c3ccccc3-c3ccccc3C3(c4ccccc4)c4ccccc4Oc4ccccc43)n2)cc1. The first-order valence-electron chi connectivity index (χ1n) is 19.2. The lowest BCUT2D eigenvalue weighted by atomic mass is 9.62. The number of aromatic nitrogens is 2. The molecule has 11 rings (SSSR count). The predicted octanol–water partition coefficient (Wildman–Crippen LogP) is 13.5. The van der Waals surface area contributed by atoms with Gasteiger partial charge in [-0.05, 0) is 58.7 Å². The maximum Gasteiger partial charge on any atom is 0.161 e. The molecule has 0 atom stereocenters. The molecule has 2 aromatic heterocycles. The Morgan fingerprint density at radius 1 is 0.368 bits per heavy atom. The second-order valence-electron chi connectivity index (χ2n) is 14.4. The number of benzene rings is 8. The summed E-state index contributed by atoms with van der Waals surface area (Å²) in [5.74, 6) is 2.32. The van der Waals surface area contributed by atoms with Crippen LogP contribution in [0.2, 0.25) is 0 Å². The summed E-state index contributed by atoms with van der Waals surface area (Å²) in [5, 5.41) is 2.18. The molecule has 0 aliphatic carbocycles. The molecule has 1 aliphatic heterocycles. The van der Waals surface area contributed by atoms with Crippen LogP contribution in [-0.4, -0.2) is 9.97 Å². The van der Waals surface area contributed by atoms with Crippen LogP contribution in [0.15, 0.2) is 211 Å². The maximum absolute atomic E-state index is 6.64. The van der Waals surface area contributed by atoms with Crippen molar-refractivity contribution in [3.63, 3.8) is 0 Å². The van der Waals surface area contributed by atoms with Crippen LogP contribution in [0.4, 0.5) is 0 Å². The van der Waals surface area contributed by atoms with E-state index in [1.807, 2.05) is 48.5 Å². The van der Waals surface area contributed by atoms with E-state index in [0.717, 1.165) is 94.9 Å². The minimum Gasteiger partial charge on any atom is -0.457 e. The average molecular weight is 731 g/mol. The van der Waals surface area contributed by atoms with Crippen molar-refractivity contribution in [2.45, 2.75) is 5.41 Å². The Kier molecular flexibility index (Phi) is 7.68. The van der Waals surface area contributed by atoms with Gasteiger partial charge in [-0.15, -0.1) is 0 Å². The van der Waals surface area contributed by atoms with Crippen molar-refractivity contribution < 1.29 is 9.15 Å². The zero-order valence-electron chi connectivity index (χ0n) is 30.8. The van der Waals surface area contributed by atoms with Gasteiger partial charge in [0.15, 0.2) is 5.82 Å². The number of furan rings is 1. The molecule has 0 bridgehead atoms. The Morgan fingerprint density at radius 3 is 1.65 bits per heavy atom. The number of rotatable bonds is 6. The molecule has 0 amide bonds. The van der Waals surface area contributed by atoms with Gasteiger partial charge in [0.05, 0.1) is 16.8 Å². The summed E-state index contributed by atoms with van der Waals surface area (Å²) in [6.07, 6.45) is 0. The molecule has 0 saturated heterocycles. The van der Waals surface area contributed by atoms with Crippen LogP contribution in [0.1, 0.15) is 22.3 Å². The van der Waals surface area contributed by atoms with Crippen molar-refractivity contribution in [1.82, 2.24) is 9.97 Å². The van der Waals surface area contributed by atoms with Gasteiger partial charge < -0.3 is 9.15 Å². The van der Waals surface area contributed by atoms with Gasteiger partial charge in [-0.1, -0.05) is 170 Å². The van der Waals surface area contributed by atoms with Crippen LogP contribution in [0.25, 0.3) is 67.0 Å². The van der Waals surface area contributed by atoms with E-state index in [1.165, 1.54) is 0 Å². The molecule has 0 N–H and O–H groups in total. The first-order valence-corrected chi connectivity index (χ1v) is 19.2. The summed E-state index contributed by atoms with van der Waals surface area (Å²) >= 11 is 0. The molecule has 57 heavy (non-hydrogen) atoms. The van der Waals surface area contributed by atoms with Gasteiger partial charge in [0.2, 0.25) is 0 Å². The zero-order chi connectivity index (χ0) is 37.8. The van der Waals surface area contributed by atoms with Crippen molar-refractivity contribution in [3.05, 3.63) is 229 Å². The van der Waals surface area contributed by atoms with Crippen molar-refractivity contribution in [2.75, 3.05) is 0 Å². The highest BCUT2D eigenvalue weighted by atomic mass is 16.5. The Bertz CT molecular complexity index is 3070. The summed E-state index contributed by atoms with van der Waals surface area (Å²) < 4.78 is 13.0. The summed E-state index contributed by atoms with van der Waals surface area (Å²) in [6.45, 7) is 0. The molecule has 10 aromatic rings. The van der Waals surface area contributed by atoms with Gasteiger partial charge in [0.1, 0.15) is 22.7 Å². The van der Waals surface area contributed by atoms with E-state index in [4.69, 9.17) is 19.1 Å². The molecule has 0 fully saturated rings. The normalized spacial score (nSPS) is 12.8. The first-order chi connectivity index (χ1) is 28.3. The third-order valence-electron chi connectivity index (χ3n) is 11.3. The summed E-state index contributed by atoms with van der Waals surface area (Å²) in [5.41, 5.74) is 12.2. The quantitative estimate of drug-likeness (QED) is 0.171. The summed E-state index contributed by atoms with van der Waals surface area (Å²) in [4.78, 5) is 10.7. The van der Waals surface area contributed by atoms with Crippen LogP contribution in [0, 0.1) is 0 Å². The minimum absolute atomic E-state index is 0.642. The van der Waals surface area contributed by atoms with Crippen molar-refractivity contribution in [1.29, 1.82) is 0 Å². The lowest BCUT2D eigenvalue weighted by Crippen LogP contribution is -2.34. The largest absolute Gasteiger partial charge is 0.457 e. The number of ether oxygens (including phenoxy) is 1. The van der Waals surface area contributed by atoms with Gasteiger partial charge in [0.25, 0.3) is 0 Å². The van der Waals surface area contributed by atoms with E-state index in [9.17, 15) is 0 Å². The fourth-order valence-corrected chi connectivity index (χ4v) is 8.75. The van der Waals surface area contributed by atoms with Crippen molar-refractivity contribution in [2.24, 2.45) is 0 Å². The zero-order valence-corrected chi connectivity index (χ0v) is 30.8. The molecule has 0 saturated carbocycles. The van der Waals surface area contributed by atoms with Crippen LogP contribution >= 0.6 is 0 Å². The Morgan fingerprint density at radius 2 is 0.912 bits per heavy atom. The molecule has 1 aliphatic rings. The fraction of sp³-hybridized carbons (Fsp3) is 0.0189. The Balaban J connectivity index is 1.16. The number of hydrogen-bond acceptors (Lipinski definition) is 4. The van der Waals surface area contributed by atoms with Crippen molar-refractivity contribution in [3.8, 4) is 56.5 Å². The highest BCUT2D eigenvalue weighted by molar-refractivity contribution is 6.05. The van der Waals surface area contributed by atoms with Gasteiger partial charge in [-0.2, -0.15) is 0 Å². The molecule has 0 spiro atoms. The molecule has 4 heteroatoms. The smallest absolute Gasteiger partial charge is 0.161 e. The van der Waals surface area contributed by atoms with Crippen LogP contribution in [-0.2, 0) is 5.41 Å². The molecule has 8 aromatic carbocycles. The summed E-state index contributed by atoms with van der Waals surface area (Å²) in [6, 6.07) is 71.9. The number of nitrogens with zero attached hydrogens (tertiary/aromatic N) is 2. The van der Waals surface area contributed by atoms with E-state index in [-0.39, 0.29) is 0 Å². The van der Waals surface area contributed by atoms with Crippen molar-refractivity contribution >= 4 is 21.9 Å². The summed E-state index contributed by atoms with van der Waals surface area (Å²) in [7, 11) is 0. The molecule has 0 radical (unpaired) electrons. The molecule has 4 nitrogen and oxygen atoms in total. The lowest BCUT2D eigenvalue weighted by molar-refractivity contribution is 0.434. The predicted molar refractivity (Wildman–Crippen MR) is 229 cm³/mol. The van der Waals surface area contributed by atoms with Gasteiger partial charge in [0, 0.05) is 38.6 Å². The third-order valence-corrected chi connectivity index (χ3v) is 11.3. The van der Waals surface area contributed by atoms with Gasteiger partial charge >= 0.3 is 0 Å². The second-order valence-corrected chi connectivity index (χ2v) is 14.4. The van der Waals surface area contributed by atoms with E-state index < -0.39 is 5.41 Å². The second kappa shape index (κ2) is 13.3. The first kappa shape index (κ1) is 32.8. The number of fused-ring (bicyclic) bond motifs is 5. The minimum atomic E-state index is -0.698. The molecular formula is C53H34N2O2. The van der Waals surface area contributed by atoms with Gasteiger partial charge in [-0.25, -0.2) is 9.97 Å². The highest BCUT2D eigenvalue weighted by Gasteiger charge is 2.46.